The molecule has 1 aromatic heterocycles. The van der Waals surface area contributed by atoms with E-state index in [0.29, 0.717) is 18.5 Å². The largest absolute Gasteiger partial charge is 0.444 e. The second-order valence-electron chi connectivity index (χ2n) is 4.89. The lowest BCUT2D eigenvalue weighted by Gasteiger charge is -2.19. The van der Waals surface area contributed by atoms with Crippen LogP contribution in [-0.4, -0.2) is 28.2 Å². The van der Waals surface area contributed by atoms with E-state index in [1.807, 2.05) is 6.07 Å². The standard InChI is InChI=1S/C14H16N4O2/c1-14(2,3)20-13(19)16-7-5-4-6-11-9-17-12(8-15)18-10-11/h9-10H,5,7H2,1-3H3,(H,16,19). The predicted octanol–water partition coefficient (Wildman–Crippen LogP) is 1.61. The number of nitrogens with one attached hydrogen (secondary N) is 1. The zero-order valence-electron chi connectivity index (χ0n) is 11.7. The number of carbonyl (C=O) groups excluding carboxylic acids is 1. The van der Waals surface area contributed by atoms with Crippen LogP contribution in [0.3, 0.4) is 0 Å². The van der Waals surface area contributed by atoms with E-state index in [1.54, 1.807) is 20.8 Å². The van der Waals surface area contributed by atoms with Crippen molar-refractivity contribution in [3.63, 3.8) is 0 Å². The second kappa shape index (κ2) is 7.10. The molecule has 0 aliphatic carbocycles. The van der Waals surface area contributed by atoms with Crippen molar-refractivity contribution in [2.24, 2.45) is 0 Å². The lowest BCUT2D eigenvalue weighted by molar-refractivity contribution is 0.0529. The molecule has 0 fully saturated rings. The van der Waals surface area contributed by atoms with Gasteiger partial charge >= 0.3 is 6.09 Å². The first-order valence-corrected chi connectivity index (χ1v) is 6.08. The summed E-state index contributed by atoms with van der Waals surface area (Å²) in [6, 6.07) is 1.83. The number of hydrogen-bond donors (Lipinski definition) is 1. The summed E-state index contributed by atoms with van der Waals surface area (Å²) in [6.07, 6.45) is 3.00. The maximum Gasteiger partial charge on any atom is 0.407 e. The molecule has 0 saturated heterocycles. The van der Waals surface area contributed by atoms with Crippen molar-refractivity contribution in [1.82, 2.24) is 15.3 Å². The van der Waals surface area contributed by atoms with E-state index in [-0.39, 0.29) is 5.82 Å². The van der Waals surface area contributed by atoms with Crippen LogP contribution in [0.25, 0.3) is 0 Å². The topological polar surface area (TPSA) is 87.9 Å². The normalized spacial score (nSPS) is 9.90. The van der Waals surface area contributed by atoms with Crippen molar-refractivity contribution in [3.8, 4) is 17.9 Å². The highest BCUT2D eigenvalue weighted by Crippen LogP contribution is 2.06. The minimum absolute atomic E-state index is 0.113. The van der Waals surface area contributed by atoms with Crippen LogP contribution in [0.4, 0.5) is 4.79 Å². The number of carbonyl (C=O) groups is 1. The molecule has 0 aliphatic heterocycles. The Morgan fingerprint density at radius 1 is 1.40 bits per heavy atom. The highest BCUT2D eigenvalue weighted by Gasteiger charge is 2.15. The van der Waals surface area contributed by atoms with Gasteiger partial charge in [0.2, 0.25) is 5.82 Å². The van der Waals surface area contributed by atoms with E-state index in [9.17, 15) is 4.79 Å². The predicted molar refractivity (Wildman–Crippen MR) is 72.5 cm³/mol. The molecule has 0 radical (unpaired) electrons. The average Bonchev–Trinajstić information content (AvgIpc) is 2.37. The number of amides is 1. The van der Waals surface area contributed by atoms with Gasteiger partial charge in [0, 0.05) is 25.4 Å². The molecular weight excluding hydrogens is 256 g/mol. The van der Waals surface area contributed by atoms with E-state index in [4.69, 9.17) is 10.00 Å². The summed E-state index contributed by atoms with van der Waals surface area (Å²) in [4.78, 5) is 18.9. The van der Waals surface area contributed by atoms with Gasteiger partial charge in [0.25, 0.3) is 0 Å². The van der Waals surface area contributed by atoms with Crippen molar-refractivity contribution in [2.45, 2.75) is 32.8 Å². The average molecular weight is 272 g/mol. The zero-order chi connectivity index (χ0) is 15.0. The van der Waals surface area contributed by atoms with E-state index in [1.165, 1.54) is 12.4 Å². The van der Waals surface area contributed by atoms with Crippen LogP contribution in [-0.2, 0) is 4.74 Å². The van der Waals surface area contributed by atoms with Crippen LogP contribution in [0.5, 0.6) is 0 Å². The van der Waals surface area contributed by atoms with Gasteiger partial charge in [0.05, 0.1) is 5.56 Å². The number of nitrogens with zero attached hydrogens (tertiary/aromatic N) is 3. The molecule has 6 nitrogen and oxygen atoms in total. The molecule has 0 unspecified atom stereocenters. The van der Waals surface area contributed by atoms with E-state index in [2.05, 4.69) is 27.1 Å². The van der Waals surface area contributed by atoms with E-state index >= 15 is 0 Å². The Morgan fingerprint density at radius 2 is 2.05 bits per heavy atom. The second-order valence-corrected chi connectivity index (χ2v) is 4.89. The number of hydrogen-bond acceptors (Lipinski definition) is 5. The molecule has 1 rings (SSSR count). The van der Waals surface area contributed by atoms with Crippen LogP contribution in [0.15, 0.2) is 12.4 Å². The monoisotopic (exact) mass is 272 g/mol. The summed E-state index contributed by atoms with van der Waals surface area (Å²) in [7, 11) is 0. The van der Waals surface area contributed by atoms with Crippen molar-refractivity contribution < 1.29 is 9.53 Å². The van der Waals surface area contributed by atoms with Crippen LogP contribution < -0.4 is 5.32 Å². The molecule has 1 amide bonds. The molecule has 1 heterocycles. The number of alkyl carbamates (subject to hydrolysis) is 1. The first kappa shape index (κ1) is 15.5. The molecule has 1 N–H and O–H groups in total. The molecule has 0 aliphatic rings. The van der Waals surface area contributed by atoms with Gasteiger partial charge in [-0.2, -0.15) is 5.26 Å². The Morgan fingerprint density at radius 3 is 2.60 bits per heavy atom. The maximum absolute atomic E-state index is 11.3. The van der Waals surface area contributed by atoms with Gasteiger partial charge in [0.1, 0.15) is 11.7 Å². The quantitative estimate of drug-likeness (QED) is 0.652. The van der Waals surface area contributed by atoms with Crippen LogP contribution in [0.2, 0.25) is 0 Å². The van der Waals surface area contributed by atoms with Crippen LogP contribution >= 0.6 is 0 Å². The molecule has 0 atom stereocenters. The van der Waals surface area contributed by atoms with Gasteiger partial charge in [-0.15, -0.1) is 0 Å². The van der Waals surface area contributed by atoms with Crippen molar-refractivity contribution >= 4 is 6.09 Å². The zero-order valence-corrected chi connectivity index (χ0v) is 11.7. The molecule has 0 saturated carbocycles. The summed E-state index contributed by atoms with van der Waals surface area (Å²) < 4.78 is 5.08. The van der Waals surface area contributed by atoms with Gasteiger partial charge < -0.3 is 10.1 Å². The van der Waals surface area contributed by atoms with Gasteiger partial charge in [-0.25, -0.2) is 14.8 Å². The SMILES string of the molecule is CC(C)(C)OC(=O)NCCC#Cc1cnc(C#N)nc1. The summed E-state index contributed by atoms with van der Waals surface area (Å²) in [5.41, 5.74) is 0.122. The Balaban J connectivity index is 2.33. The smallest absolute Gasteiger partial charge is 0.407 e. The van der Waals surface area contributed by atoms with Gasteiger partial charge in [0.15, 0.2) is 0 Å². The van der Waals surface area contributed by atoms with Gasteiger partial charge in [-0.1, -0.05) is 11.8 Å². The molecule has 0 spiro atoms. The first-order chi connectivity index (χ1) is 9.40. The summed E-state index contributed by atoms with van der Waals surface area (Å²) in [5.74, 6) is 5.83. The number of aromatic nitrogens is 2. The minimum Gasteiger partial charge on any atom is -0.444 e. The van der Waals surface area contributed by atoms with Gasteiger partial charge in [-0.05, 0) is 20.8 Å². The van der Waals surface area contributed by atoms with E-state index in [0.717, 1.165) is 0 Å². The Kier molecular flexibility index (Phi) is 5.49. The number of ether oxygens (including phenoxy) is 1. The maximum atomic E-state index is 11.3. The Bertz CT molecular complexity index is 556. The summed E-state index contributed by atoms with van der Waals surface area (Å²) in [5, 5.41) is 11.1. The number of rotatable bonds is 2. The minimum atomic E-state index is -0.504. The third-order valence-corrected chi connectivity index (χ3v) is 1.90. The third kappa shape index (κ3) is 6.36. The van der Waals surface area contributed by atoms with Crippen LogP contribution in [0, 0.1) is 23.2 Å². The van der Waals surface area contributed by atoms with E-state index < -0.39 is 11.7 Å². The fourth-order valence-corrected chi connectivity index (χ4v) is 1.16. The van der Waals surface area contributed by atoms with Crippen LogP contribution in [0.1, 0.15) is 38.6 Å². The Hall–Kier alpha value is -2.60. The summed E-state index contributed by atoms with van der Waals surface area (Å²) >= 11 is 0. The highest BCUT2D eigenvalue weighted by molar-refractivity contribution is 5.67. The van der Waals surface area contributed by atoms with Crippen molar-refractivity contribution in [3.05, 3.63) is 23.8 Å². The fraction of sp³-hybridized carbons (Fsp3) is 0.429. The lowest BCUT2D eigenvalue weighted by Crippen LogP contribution is -2.32. The molecule has 104 valence electrons. The Labute approximate surface area is 118 Å². The molecule has 0 aromatic carbocycles. The number of nitriles is 1. The molecule has 1 aromatic rings. The van der Waals surface area contributed by atoms with Crippen molar-refractivity contribution in [1.29, 1.82) is 5.26 Å². The third-order valence-electron chi connectivity index (χ3n) is 1.90. The first-order valence-electron chi connectivity index (χ1n) is 6.08. The van der Waals surface area contributed by atoms with Gasteiger partial charge in [-0.3, -0.25) is 0 Å². The molecule has 6 heteroatoms. The fourth-order valence-electron chi connectivity index (χ4n) is 1.16. The molecule has 20 heavy (non-hydrogen) atoms. The lowest BCUT2D eigenvalue weighted by atomic mass is 10.2. The summed E-state index contributed by atoms with van der Waals surface area (Å²) in [6.45, 7) is 5.81. The highest BCUT2D eigenvalue weighted by atomic mass is 16.6. The van der Waals surface area contributed by atoms with Crippen molar-refractivity contribution in [2.75, 3.05) is 6.54 Å². The molecule has 0 bridgehead atoms. The molecular formula is C14H16N4O2.